The third-order valence-corrected chi connectivity index (χ3v) is 4.11. The molecule has 0 aliphatic heterocycles. The van der Waals surface area contributed by atoms with Gasteiger partial charge >= 0.3 is 0 Å². The van der Waals surface area contributed by atoms with Gasteiger partial charge in [0, 0.05) is 11.5 Å². The molecule has 0 aliphatic carbocycles. The van der Waals surface area contributed by atoms with Gasteiger partial charge in [-0.05, 0) is 12.2 Å². The maximum absolute atomic E-state index is 11.8. The number of rotatable bonds is 2. The van der Waals surface area contributed by atoms with Crippen LogP contribution < -0.4 is 11.1 Å². The fourth-order valence-electron chi connectivity index (χ4n) is 1.53. The monoisotopic (exact) mass is 315 g/mol. The number of fused-ring (bicyclic) bond motifs is 1. The molecule has 1 aromatic heterocycles. The summed E-state index contributed by atoms with van der Waals surface area (Å²) in [7, 11) is 0. The fraction of sp³-hybridized carbons (Fsp3) is 0. The highest BCUT2D eigenvalue weighted by Crippen LogP contribution is 2.39. The van der Waals surface area contributed by atoms with Crippen LogP contribution in [-0.4, -0.2) is 15.9 Å². The van der Waals surface area contributed by atoms with E-state index in [4.69, 9.17) is 17.3 Å². The lowest BCUT2D eigenvalue weighted by Gasteiger charge is -1.99. The number of nitro groups is 1. The van der Waals surface area contributed by atoms with Gasteiger partial charge in [-0.2, -0.15) is 0 Å². The second-order valence-electron chi connectivity index (χ2n) is 3.47. The number of halogens is 1. The predicted molar refractivity (Wildman–Crippen MR) is 77.7 cm³/mol. The van der Waals surface area contributed by atoms with Crippen LogP contribution in [0, 0.1) is 10.1 Å². The SMILES string of the molecule is NC(=S)NC(=O)c1sc2c([N+](=O)[O-])cccc2c1Cl. The standard InChI is InChI=1S/C10H6ClN3O3S2/c11-6-4-2-1-3-5(14(16)17)7(4)19-8(6)9(15)13-10(12)18/h1-3H,(H3,12,13,15,18). The second-order valence-corrected chi connectivity index (χ2v) is 5.31. The number of amides is 1. The number of carbonyl (C=O) groups excluding carboxylic acids is 1. The topological polar surface area (TPSA) is 98.3 Å². The molecule has 9 heteroatoms. The smallest absolute Gasteiger partial charge is 0.287 e. The van der Waals surface area contributed by atoms with E-state index in [-0.39, 0.29) is 20.7 Å². The second kappa shape index (κ2) is 5.08. The van der Waals surface area contributed by atoms with E-state index in [0.29, 0.717) is 10.1 Å². The van der Waals surface area contributed by atoms with Crippen LogP contribution in [0.4, 0.5) is 5.69 Å². The number of non-ortho nitro benzene ring substituents is 1. The minimum atomic E-state index is -0.576. The largest absolute Gasteiger partial charge is 0.376 e. The summed E-state index contributed by atoms with van der Waals surface area (Å²) in [5, 5.41) is 13.6. The summed E-state index contributed by atoms with van der Waals surface area (Å²) in [6.45, 7) is 0. The molecule has 2 rings (SSSR count). The number of thiocarbonyl (C=S) groups is 1. The van der Waals surface area contributed by atoms with E-state index in [9.17, 15) is 14.9 Å². The van der Waals surface area contributed by atoms with Crippen LogP contribution in [0.25, 0.3) is 10.1 Å². The molecule has 0 radical (unpaired) electrons. The Bertz CT molecular complexity index is 713. The van der Waals surface area contributed by atoms with E-state index < -0.39 is 10.8 Å². The van der Waals surface area contributed by atoms with Gasteiger partial charge in [-0.25, -0.2) is 0 Å². The number of nitrogens with two attached hydrogens (primary N) is 1. The Morgan fingerprint density at radius 3 is 2.79 bits per heavy atom. The molecule has 1 amide bonds. The summed E-state index contributed by atoms with van der Waals surface area (Å²) >= 11 is 11.5. The Morgan fingerprint density at radius 2 is 2.21 bits per heavy atom. The first-order valence-corrected chi connectivity index (χ1v) is 6.48. The van der Waals surface area contributed by atoms with Crippen molar-refractivity contribution in [2.75, 3.05) is 0 Å². The van der Waals surface area contributed by atoms with Crippen molar-refractivity contribution in [2.24, 2.45) is 5.73 Å². The van der Waals surface area contributed by atoms with E-state index in [1.807, 2.05) is 0 Å². The van der Waals surface area contributed by atoms with Gasteiger partial charge in [0.25, 0.3) is 11.6 Å². The number of nitrogens with zero attached hydrogens (tertiary/aromatic N) is 1. The molecule has 0 bridgehead atoms. The van der Waals surface area contributed by atoms with Crippen LogP contribution >= 0.6 is 35.2 Å². The van der Waals surface area contributed by atoms with Crippen molar-refractivity contribution < 1.29 is 9.72 Å². The summed E-state index contributed by atoms with van der Waals surface area (Å²) in [6.07, 6.45) is 0. The van der Waals surface area contributed by atoms with Gasteiger partial charge in [0.2, 0.25) is 0 Å². The van der Waals surface area contributed by atoms with Gasteiger partial charge in [-0.3, -0.25) is 20.2 Å². The number of thiophene rings is 1. The lowest BCUT2D eigenvalue weighted by Crippen LogP contribution is -2.34. The maximum Gasteiger partial charge on any atom is 0.287 e. The zero-order valence-electron chi connectivity index (χ0n) is 9.18. The lowest BCUT2D eigenvalue weighted by molar-refractivity contribution is -0.382. The number of benzene rings is 1. The third kappa shape index (κ3) is 2.50. The Labute approximate surface area is 121 Å². The van der Waals surface area contributed by atoms with Crippen LogP contribution in [0.3, 0.4) is 0 Å². The predicted octanol–water partition coefficient (Wildman–Crippen LogP) is 2.44. The van der Waals surface area contributed by atoms with Crippen LogP contribution in [0.5, 0.6) is 0 Å². The van der Waals surface area contributed by atoms with Gasteiger partial charge < -0.3 is 5.73 Å². The molecular formula is C10H6ClN3O3S2. The first kappa shape index (κ1) is 13.7. The Morgan fingerprint density at radius 1 is 1.53 bits per heavy atom. The number of nitrogens with one attached hydrogen (secondary N) is 1. The maximum atomic E-state index is 11.8. The van der Waals surface area contributed by atoms with Gasteiger partial charge in [-0.1, -0.05) is 23.7 Å². The van der Waals surface area contributed by atoms with E-state index >= 15 is 0 Å². The van der Waals surface area contributed by atoms with E-state index in [0.717, 1.165) is 11.3 Å². The van der Waals surface area contributed by atoms with Crippen molar-refractivity contribution >= 4 is 61.9 Å². The fourth-order valence-corrected chi connectivity index (χ4v) is 3.11. The number of hydrogen-bond donors (Lipinski definition) is 2. The number of carbonyl (C=O) groups is 1. The van der Waals surface area contributed by atoms with Gasteiger partial charge in [0.05, 0.1) is 9.95 Å². The molecule has 0 saturated heterocycles. The molecule has 0 spiro atoms. The van der Waals surface area contributed by atoms with Crippen molar-refractivity contribution in [3.63, 3.8) is 0 Å². The van der Waals surface area contributed by atoms with Crippen LogP contribution in [0.15, 0.2) is 18.2 Å². The molecule has 1 aromatic carbocycles. The summed E-state index contributed by atoms with van der Waals surface area (Å²) in [5.74, 6) is -0.576. The van der Waals surface area contributed by atoms with Crippen molar-refractivity contribution in [2.45, 2.75) is 0 Å². The van der Waals surface area contributed by atoms with Gasteiger partial charge in [-0.15, -0.1) is 11.3 Å². The first-order chi connectivity index (χ1) is 8.91. The quantitative estimate of drug-likeness (QED) is 0.504. The Balaban J connectivity index is 2.62. The molecule has 1 heterocycles. The van der Waals surface area contributed by atoms with Gasteiger partial charge in [0.1, 0.15) is 9.58 Å². The minimum absolute atomic E-state index is 0.0984. The van der Waals surface area contributed by atoms with Crippen molar-refractivity contribution in [3.8, 4) is 0 Å². The van der Waals surface area contributed by atoms with E-state index in [1.54, 1.807) is 6.07 Å². The van der Waals surface area contributed by atoms with Gasteiger partial charge in [0.15, 0.2) is 5.11 Å². The summed E-state index contributed by atoms with van der Waals surface area (Å²) < 4.78 is 0.339. The van der Waals surface area contributed by atoms with Crippen molar-refractivity contribution in [1.29, 1.82) is 0 Å². The zero-order chi connectivity index (χ0) is 14.2. The van der Waals surface area contributed by atoms with Crippen molar-refractivity contribution in [3.05, 3.63) is 38.2 Å². The molecule has 2 aromatic rings. The average molecular weight is 316 g/mol. The normalized spacial score (nSPS) is 10.4. The summed E-state index contributed by atoms with van der Waals surface area (Å²) in [6, 6.07) is 4.47. The molecule has 98 valence electrons. The molecule has 0 atom stereocenters. The summed E-state index contributed by atoms with van der Waals surface area (Å²) in [4.78, 5) is 22.3. The highest BCUT2D eigenvalue weighted by molar-refractivity contribution is 7.80. The van der Waals surface area contributed by atoms with Crippen LogP contribution in [0.1, 0.15) is 9.67 Å². The zero-order valence-corrected chi connectivity index (χ0v) is 11.6. The number of hydrogen-bond acceptors (Lipinski definition) is 5. The molecule has 19 heavy (non-hydrogen) atoms. The lowest BCUT2D eigenvalue weighted by atomic mass is 10.2. The molecule has 0 aliphatic rings. The molecule has 0 fully saturated rings. The summed E-state index contributed by atoms with van der Waals surface area (Å²) in [5.41, 5.74) is 5.11. The molecular weight excluding hydrogens is 310 g/mol. The van der Waals surface area contributed by atoms with Crippen molar-refractivity contribution in [1.82, 2.24) is 5.32 Å². The molecule has 0 unspecified atom stereocenters. The highest BCUT2D eigenvalue weighted by Gasteiger charge is 2.22. The van der Waals surface area contributed by atoms with E-state index in [2.05, 4.69) is 17.5 Å². The number of nitro benzene ring substituents is 1. The molecule has 6 nitrogen and oxygen atoms in total. The minimum Gasteiger partial charge on any atom is -0.376 e. The Hall–Kier alpha value is -1.77. The third-order valence-electron chi connectivity index (χ3n) is 2.27. The Kier molecular flexibility index (Phi) is 3.65. The molecule has 0 saturated carbocycles. The molecule has 3 N–H and O–H groups in total. The highest BCUT2D eigenvalue weighted by atomic mass is 35.5. The average Bonchev–Trinajstić information content (AvgIpc) is 2.66. The van der Waals surface area contributed by atoms with Crippen LogP contribution in [-0.2, 0) is 0 Å². The van der Waals surface area contributed by atoms with E-state index in [1.165, 1.54) is 12.1 Å². The first-order valence-electron chi connectivity index (χ1n) is 4.88. The van der Waals surface area contributed by atoms with Crippen LogP contribution in [0.2, 0.25) is 5.02 Å².